The van der Waals surface area contributed by atoms with Gasteiger partial charge in [-0.3, -0.25) is 0 Å². The monoisotopic (exact) mass is 220 g/mol. The van der Waals surface area contributed by atoms with Gasteiger partial charge in [-0.1, -0.05) is 0 Å². The van der Waals surface area contributed by atoms with Gasteiger partial charge in [-0.15, -0.1) is 0 Å². The summed E-state index contributed by atoms with van der Waals surface area (Å²) in [6.45, 7) is 1.91. The Morgan fingerprint density at radius 1 is 1.38 bits per heavy atom. The van der Waals surface area contributed by atoms with Gasteiger partial charge in [0.25, 0.3) is 0 Å². The van der Waals surface area contributed by atoms with E-state index in [0.717, 1.165) is 18.9 Å². The second kappa shape index (κ2) is 3.90. The lowest BCUT2D eigenvalue weighted by atomic mass is 10.2. The van der Waals surface area contributed by atoms with E-state index in [2.05, 4.69) is 20.2 Å². The zero-order valence-corrected chi connectivity index (χ0v) is 9.39. The van der Waals surface area contributed by atoms with Gasteiger partial charge in [-0.25, -0.2) is 4.98 Å². The van der Waals surface area contributed by atoms with Crippen LogP contribution in [0.5, 0.6) is 0 Å². The van der Waals surface area contributed by atoms with Crippen LogP contribution in [-0.4, -0.2) is 42.3 Å². The molecule has 0 aliphatic carbocycles. The van der Waals surface area contributed by atoms with Crippen molar-refractivity contribution in [2.75, 3.05) is 30.4 Å². The summed E-state index contributed by atoms with van der Waals surface area (Å²) in [5.41, 5.74) is 0. The first kappa shape index (κ1) is 9.84. The molecule has 3 rings (SSSR count). The maximum atomic E-state index is 5.80. The third kappa shape index (κ3) is 1.71. The van der Waals surface area contributed by atoms with Crippen LogP contribution in [0.2, 0.25) is 0 Å². The van der Waals surface area contributed by atoms with Crippen LogP contribution in [0.25, 0.3) is 0 Å². The summed E-state index contributed by atoms with van der Waals surface area (Å²) in [5.74, 6) is 1.68. The first-order valence-electron chi connectivity index (χ1n) is 5.76. The molecule has 2 bridgehead atoms. The molecule has 2 saturated heterocycles. The van der Waals surface area contributed by atoms with Crippen molar-refractivity contribution in [3.8, 4) is 0 Å². The first-order valence-corrected chi connectivity index (χ1v) is 5.76. The number of nitrogens with zero attached hydrogens (tertiary/aromatic N) is 3. The molecule has 2 atom stereocenters. The van der Waals surface area contributed by atoms with Crippen molar-refractivity contribution < 1.29 is 4.74 Å². The maximum absolute atomic E-state index is 5.80. The lowest BCUT2D eigenvalue weighted by Crippen LogP contribution is -2.43. The zero-order valence-electron chi connectivity index (χ0n) is 9.39. The summed E-state index contributed by atoms with van der Waals surface area (Å²) in [6.07, 6.45) is 4.96. The molecule has 0 aromatic carbocycles. The van der Waals surface area contributed by atoms with Gasteiger partial charge in [0, 0.05) is 26.3 Å². The van der Waals surface area contributed by atoms with E-state index in [0.29, 0.717) is 18.2 Å². The number of anilines is 2. The van der Waals surface area contributed by atoms with Crippen molar-refractivity contribution in [2.45, 2.75) is 25.0 Å². The Kier molecular flexibility index (Phi) is 2.40. The minimum atomic E-state index is 0.395. The summed E-state index contributed by atoms with van der Waals surface area (Å²) in [4.78, 5) is 10.9. The summed E-state index contributed by atoms with van der Waals surface area (Å²) >= 11 is 0. The molecular weight excluding hydrogens is 204 g/mol. The number of ether oxygens (including phenoxy) is 1. The molecule has 5 nitrogen and oxygen atoms in total. The third-order valence-electron chi connectivity index (χ3n) is 3.23. The minimum Gasteiger partial charge on any atom is -0.371 e. The lowest BCUT2D eigenvalue weighted by Gasteiger charge is -2.32. The van der Waals surface area contributed by atoms with E-state index in [1.54, 1.807) is 6.20 Å². The fourth-order valence-electron chi connectivity index (χ4n) is 2.45. The molecule has 0 spiro atoms. The Hall–Kier alpha value is -1.36. The quantitative estimate of drug-likeness (QED) is 0.802. The SMILES string of the molecule is CNc1nccc(N2CC3CCC(C2)O3)n1. The zero-order chi connectivity index (χ0) is 11.0. The third-order valence-corrected chi connectivity index (χ3v) is 3.23. The largest absolute Gasteiger partial charge is 0.371 e. The summed E-state index contributed by atoms with van der Waals surface area (Å²) in [5, 5.41) is 2.96. The van der Waals surface area contributed by atoms with Gasteiger partial charge in [0.05, 0.1) is 12.2 Å². The molecule has 2 unspecified atom stereocenters. The summed E-state index contributed by atoms with van der Waals surface area (Å²) in [7, 11) is 1.84. The molecule has 1 aromatic rings. The van der Waals surface area contributed by atoms with Crippen LogP contribution in [0.1, 0.15) is 12.8 Å². The van der Waals surface area contributed by atoms with Gasteiger partial charge in [0.2, 0.25) is 5.95 Å². The number of hydrogen-bond acceptors (Lipinski definition) is 5. The molecular formula is C11H16N4O. The van der Waals surface area contributed by atoms with Gasteiger partial charge in [0.1, 0.15) is 5.82 Å². The molecule has 1 aromatic heterocycles. The fraction of sp³-hybridized carbons (Fsp3) is 0.636. The highest BCUT2D eigenvalue weighted by Gasteiger charge is 2.34. The molecule has 0 radical (unpaired) electrons. The minimum absolute atomic E-state index is 0.395. The highest BCUT2D eigenvalue weighted by molar-refractivity contribution is 5.43. The van der Waals surface area contributed by atoms with E-state index >= 15 is 0 Å². The van der Waals surface area contributed by atoms with Gasteiger partial charge in [-0.05, 0) is 18.9 Å². The topological polar surface area (TPSA) is 50.3 Å². The van der Waals surface area contributed by atoms with Gasteiger partial charge < -0.3 is 15.0 Å². The number of fused-ring (bicyclic) bond motifs is 2. The summed E-state index contributed by atoms with van der Waals surface area (Å²) < 4.78 is 5.80. The lowest BCUT2D eigenvalue weighted by molar-refractivity contribution is 0.0302. The van der Waals surface area contributed by atoms with E-state index in [4.69, 9.17) is 4.74 Å². The van der Waals surface area contributed by atoms with Crippen LogP contribution < -0.4 is 10.2 Å². The van der Waals surface area contributed by atoms with E-state index < -0.39 is 0 Å². The number of rotatable bonds is 2. The van der Waals surface area contributed by atoms with E-state index in [-0.39, 0.29) is 0 Å². The van der Waals surface area contributed by atoms with Crippen molar-refractivity contribution >= 4 is 11.8 Å². The Bertz CT molecular complexity index is 372. The second-order valence-corrected chi connectivity index (χ2v) is 4.35. The number of morpholine rings is 1. The number of nitrogens with one attached hydrogen (secondary N) is 1. The van der Waals surface area contributed by atoms with Crippen LogP contribution in [-0.2, 0) is 4.74 Å². The van der Waals surface area contributed by atoms with Crippen LogP contribution in [0.4, 0.5) is 11.8 Å². The van der Waals surface area contributed by atoms with Crippen LogP contribution >= 0.6 is 0 Å². The number of aromatic nitrogens is 2. The summed E-state index contributed by atoms with van der Waals surface area (Å²) in [6, 6.07) is 1.96. The van der Waals surface area contributed by atoms with Crippen molar-refractivity contribution in [3.63, 3.8) is 0 Å². The smallest absolute Gasteiger partial charge is 0.224 e. The van der Waals surface area contributed by atoms with Crippen LogP contribution in [0.15, 0.2) is 12.3 Å². The molecule has 2 aliphatic heterocycles. The van der Waals surface area contributed by atoms with Crippen LogP contribution in [0.3, 0.4) is 0 Å². The van der Waals surface area contributed by atoms with Crippen molar-refractivity contribution in [3.05, 3.63) is 12.3 Å². The average molecular weight is 220 g/mol. The molecule has 1 N–H and O–H groups in total. The second-order valence-electron chi connectivity index (χ2n) is 4.35. The molecule has 0 saturated carbocycles. The Labute approximate surface area is 94.8 Å². The standard InChI is InChI=1S/C11H16N4O/c1-12-11-13-5-4-10(14-11)15-6-8-2-3-9(7-15)16-8/h4-5,8-9H,2-3,6-7H2,1H3,(H,12,13,14). The molecule has 2 fully saturated rings. The molecule has 86 valence electrons. The maximum Gasteiger partial charge on any atom is 0.224 e. The van der Waals surface area contributed by atoms with Gasteiger partial charge in [-0.2, -0.15) is 4.98 Å². The van der Waals surface area contributed by atoms with Crippen molar-refractivity contribution in [1.29, 1.82) is 0 Å². The molecule has 5 heteroatoms. The van der Waals surface area contributed by atoms with Gasteiger partial charge >= 0.3 is 0 Å². The van der Waals surface area contributed by atoms with Gasteiger partial charge in [0.15, 0.2) is 0 Å². The average Bonchev–Trinajstić information content (AvgIpc) is 2.68. The molecule has 2 aliphatic rings. The van der Waals surface area contributed by atoms with E-state index in [1.165, 1.54) is 12.8 Å². The Morgan fingerprint density at radius 2 is 2.12 bits per heavy atom. The van der Waals surface area contributed by atoms with E-state index in [1.807, 2.05) is 13.1 Å². The molecule has 16 heavy (non-hydrogen) atoms. The highest BCUT2D eigenvalue weighted by atomic mass is 16.5. The van der Waals surface area contributed by atoms with Crippen LogP contribution in [0, 0.1) is 0 Å². The predicted molar refractivity (Wildman–Crippen MR) is 61.7 cm³/mol. The first-order chi connectivity index (χ1) is 7.85. The van der Waals surface area contributed by atoms with Crippen molar-refractivity contribution in [2.24, 2.45) is 0 Å². The molecule has 0 amide bonds. The number of hydrogen-bond donors (Lipinski definition) is 1. The van der Waals surface area contributed by atoms with E-state index in [9.17, 15) is 0 Å². The predicted octanol–water partition coefficient (Wildman–Crippen LogP) is 0.886. The Morgan fingerprint density at radius 3 is 2.81 bits per heavy atom. The Balaban J connectivity index is 1.81. The highest BCUT2D eigenvalue weighted by Crippen LogP contribution is 2.28. The normalized spacial score (nSPS) is 28.2. The molecule has 3 heterocycles. The fourth-order valence-corrected chi connectivity index (χ4v) is 2.45. The van der Waals surface area contributed by atoms with Crippen molar-refractivity contribution in [1.82, 2.24) is 9.97 Å².